The van der Waals surface area contributed by atoms with Gasteiger partial charge >= 0.3 is 5.69 Å². The number of nitrogens with zero attached hydrogens (tertiary/aromatic N) is 3. The molecule has 0 saturated heterocycles. The highest BCUT2D eigenvalue weighted by Crippen LogP contribution is 2.26. The maximum Gasteiger partial charge on any atom is 0.332 e. The number of aromatic nitrogens is 4. The Morgan fingerprint density at radius 3 is 2.68 bits per heavy atom. The lowest BCUT2D eigenvalue weighted by molar-refractivity contribution is 0.333. The number of aryl methyl sites for hydroxylation is 1. The Bertz CT molecular complexity index is 735. The van der Waals surface area contributed by atoms with E-state index in [4.69, 9.17) is 0 Å². The van der Waals surface area contributed by atoms with E-state index >= 15 is 0 Å². The van der Waals surface area contributed by atoms with Crippen LogP contribution in [0, 0.1) is 5.92 Å². The summed E-state index contributed by atoms with van der Waals surface area (Å²) in [5.74, 6) is 1.25. The van der Waals surface area contributed by atoms with Gasteiger partial charge in [0.1, 0.15) is 0 Å². The number of imidazole rings is 1. The van der Waals surface area contributed by atoms with Gasteiger partial charge in [0.2, 0.25) is 5.95 Å². The lowest BCUT2D eigenvalue weighted by atomic mass is 9.85. The summed E-state index contributed by atoms with van der Waals surface area (Å²) in [4.78, 5) is 31.0. The predicted octanol–water partition coefficient (Wildman–Crippen LogP) is 0.172. The number of hydrogen-bond acceptors (Lipinski definition) is 4. The van der Waals surface area contributed by atoms with Crippen LogP contribution in [0.5, 0.6) is 0 Å². The summed E-state index contributed by atoms with van der Waals surface area (Å²) in [6.07, 6.45) is 3.78. The van der Waals surface area contributed by atoms with Crippen LogP contribution in [0.1, 0.15) is 19.3 Å². The van der Waals surface area contributed by atoms with Gasteiger partial charge in [-0.05, 0) is 18.8 Å². The van der Waals surface area contributed by atoms with E-state index in [-0.39, 0.29) is 11.2 Å². The van der Waals surface area contributed by atoms with Gasteiger partial charge in [0, 0.05) is 20.6 Å². The third-order valence-electron chi connectivity index (χ3n) is 3.88. The third kappa shape index (κ3) is 1.85. The molecule has 1 aliphatic carbocycles. The lowest BCUT2D eigenvalue weighted by Crippen LogP contribution is -2.36. The fraction of sp³-hybridized carbons (Fsp3) is 0.583. The van der Waals surface area contributed by atoms with Crippen LogP contribution in [-0.2, 0) is 14.1 Å². The zero-order chi connectivity index (χ0) is 13.6. The van der Waals surface area contributed by atoms with Crippen LogP contribution < -0.4 is 16.6 Å². The van der Waals surface area contributed by atoms with Gasteiger partial charge < -0.3 is 10.3 Å². The highest BCUT2D eigenvalue weighted by atomic mass is 16.2. The number of H-pyrrole nitrogens is 1. The Labute approximate surface area is 109 Å². The molecule has 19 heavy (non-hydrogen) atoms. The van der Waals surface area contributed by atoms with Crippen LogP contribution in [0.4, 0.5) is 5.95 Å². The fourth-order valence-corrected chi connectivity index (χ4v) is 2.35. The molecule has 0 atom stereocenters. The van der Waals surface area contributed by atoms with Crippen LogP contribution in [-0.4, -0.2) is 25.6 Å². The maximum absolute atomic E-state index is 12.0. The Balaban J connectivity index is 2.00. The summed E-state index contributed by atoms with van der Waals surface area (Å²) < 4.78 is 2.46. The summed E-state index contributed by atoms with van der Waals surface area (Å²) in [5.41, 5.74) is 0.0433. The van der Waals surface area contributed by atoms with E-state index in [1.54, 1.807) is 7.05 Å². The molecule has 2 N–H and O–H groups in total. The first-order valence-corrected chi connectivity index (χ1v) is 6.47. The topological polar surface area (TPSA) is 84.7 Å². The Kier molecular flexibility index (Phi) is 2.69. The van der Waals surface area contributed by atoms with Crippen LogP contribution in [0.3, 0.4) is 0 Å². The van der Waals surface area contributed by atoms with Gasteiger partial charge in [0.05, 0.1) is 0 Å². The summed E-state index contributed by atoms with van der Waals surface area (Å²) >= 11 is 0. The van der Waals surface area contributed by atoms with Gasteiger partial charge in [-0.25, -0.2) is 4.79 Å². The molecule has 0 aromatic carbocycles. The van der Waals surface area contributed by atoms with Gasteiger partial charge in [-0.15, -0.1) is 0 Å². The molecule has 2 aromatic rings. The smallest absolute Gasteiger partial charge is 0.332 e. The van der Waals surface area contributed by atoms with Crippen molar-refractivity contribution >= 4 is 17.1 Å². The maximum atomic E-state index is 12.0. The minimum absolute atomic E-state index is 0.345. The molecule has 0 amide bonds. The van der Waals surface area contributed by atoms with Crippen LogP contribution >= 0.6 is 0 Å². The van der Waals surface area contributed by atoms with E-state index in [0.717, 1.165) is 11.1 Å². The summed E-state index contributed by atoms with van der Waals surface area (Å²) in [5, 5.41) is 3.20. The van der Waals surface area contributed by atoms with E-state index in [1.165, 1.54) is 30.9 Å². The first-order valence-electron chi connectivity index (χ1n) is 6.47. The Morgan fingerprint density at radius 2 is 2.05 bits per heavy atom. The van der Waals surface area contributed by atoms with Crippen molar-refractivity contribution in [3.63, 3.8) is 0 Å². The minimum atomic E-state index is -0.366. The first-order chi connectivity index (χ1) is 9.08. The van der Waals surface area contributed by atoms with Crippen molar-refractivity contribution in [3.8, 4) is 0 Å². The van der Waals surface area contributed by atoms with Crippen molar-refractivity contribution in [2.45, 2.75) is 19.3 Å². The molecule has 0 unspecified atom stereocenters. The van der Waals surface area contributed by atoms with E-state index < -0.39 is 0 Å². The van der Waals surface area contributed by atoms with E-state index in [1.807, 2.05) is 0 Å². The number of hydrogen-bond donors (Lipinski definition) is 2. The molecule has 7 nitrogen and oxygen atoms in total. The minimum Gasteiger partial charge on any atom is -0.355 e. The molecule has 3 rings (SSSR count). The Morgan fingerprint density at radius 1 is 1.32 bits per heavy atom. The number of anilines is 1. The van der Waals surface area contributed by atoms with Crippen molar-refractivity contribution in [3.05, 3.63) is 20.8 Å². The second kappa shape index (κ2) is 4.25. The van der Waals surface area contributed by atoms with Crippen molar-refractivity contribution in [1.29, 1.82) is 0 Å². The number of rotatable bonds is 3. The van der Waals surface area contributed by atoms with Gasteiger partial charge in [-0.3, -0.25) is 13.9 Å². The second-order valence-corrected chi connectivity index (χ2v) is 5.17. The van der Waals surface area contributed by atoms with Crippen molar-refractivity contribution < 1.29 is 0 Å². The lowest BCUT2D eigenvalue weighted by Gasteiger charge is -2.25. The molecule has 0 spiro atoms. The average Bonchev–Trinajstić information content (AvgIpc) is 2.76. The van der Waals surface area contributed by atoms with Gasteiger partial charge in [0.25, 0.3) is 5.56 Å². The Hall–Kier alpha value is -2.05. The molecule has 1 fully saturated rings. The normalized spacial score (nSPS) is 15.7. The molecule has 7 heteroatoms. The molecule has 2 aromatic heterocycles. The second-order valence-electron chi connectivity index (χ2n) is 5.17. The first kappa shape index (κ1) is 12.0. The molecule has 102 valence electrons. The standard InChI is InChI=1S/C12H17N5O2/c1-16-9-8(10(18)17(2)12(16)19)14-11(15-9)13-6-7-4-3-5-7/h7H,3-6H2,1-2H3,(H2,13,14,15). The number of aromatic amines is 1. The van der Waals surface area contributed by atoms with Gasteiger partial charge in [-0.2, -0.15) is 4.98 Å². The van der Waals surface area contributed by atoms with E-state index in [0.29, 0.717) is 23.0 Å². The SMILES string of the molecule is Cn1c(=O)c2[nH]c(NCC3CCC3)nc2n(C)c1=O. The van der Waals surface area contributed by atoms with Gasteiger partial charge in [-0.1, -0.05) is 6.42 Å². The highest BCUT2D eigenvalue weighted by Gasteiger charge is 2.18. The third-order valence-corrected chi connectivity index (χ3v) is 3.88. The summed E-state index contributed by atoms with van der Waals surface area (Å²) in [7, 11) is 3.08. The molecule has 2 heterocycles. The molecule has 0 aliphatic heterocycles. The molecular formula is C12H17N5O2. The average molecular weight is 263 g/mol. The largest absolute Gasteiger partial charge is 0.355 e. The van der Waals surface area contributed by atoms with Crippen LogP contribution in [0.15, 0.2) is 9.59 Å². The number of nitrogens with one attached hydrogen (secondary N) is 2. The van der Waals surface area contributed by atoms with Crippen molar-refractivity contribution in [1.82, 2.24) is 19.1 Å². The quantitative estimate of drug-likeness (QED) is 0.827. The van der Waals surface area contributed by atoms with Crippen molar-refractivity contribution in [2.24, 2.45) is 20.0 Å². The number of fused-ring (bicyclic) bond motifs is 1. The monoisotopic (exact) mass is 263 g/mol. The summed E-state index contributed by atoms with van der Waals surface area (Å²) in [6, 6.07) is 0. The van der Waals surface area contributed by atoms with E-state index in [9.17, 15) is 9.59 Å². The molecule has 1 aliphatic rings. The summed E-state index contributed by atoms with van der Waals surface area (Å²) in [6.45, 7) is 0.855. The molecule has 0 radical (unpaired) electrons. The zero-order valence-corrected chi connectivity index (χ0v) is 11.1. The predicted molar refractivity (Wildman–Crippen MR) is 72.4 cm³/mol. The molecule has 0 bridgehead atoms. The molecule has 1 saturated carbocycles. The highest BCUT2D eigenvalue weighted by molar-refractivity contribution is 5.72. The van der Waals surface area contributed by atoms with Crippen LogP contribution in [0.2, 0.25) is 0 Å². The van der Waals surface area contributed by atoms with E-state index in [2.05, 4.69) is 15.3 Å². The van der Waals surface area contributed by atoms with Crippen LogP contribution in [0.25, 0.3) is 11.2 Å². The molecular weight excluding hydrogens is 246 g/mol. The fourth-order valence-electron chi connectivity index (χ4n) is 2.35. The zero-order valence-electron chi connectivity index (χ0n) is 11.1. The van der Waals surface area contributed by atoms with Crippen molar-refractivity contribution in [2.75, 3.05) is 11.9 Å². The van der Waals surface area contributed by atoms with Gasteiger partial charge in [0.15, 0.2) is 11.2 Å².